The molecule has 2 saturated carbocycles. The number of carbonyl (C=O) groups is 2. The number of carboxylic acids is 2. The van der Waals surface area contributed by atoms with Gasteiger partial charge in [0.2, 0.25) is 0 Å². The van der Waals surface area contributed by atoms with Crippen molar-refractivity contribution in [1.82, 2.24) is 0 Å². The van der Waals surface area contributed by atoms with Crippen molar-refractivity contribution in [2.45, 2.75) is 68.9 Å². The van der Waals surface area contributed by atoms with Crippen LogP contribution in [0.1, 0.15) is 57.8 Å². The molecule has 0 unspecified atom stereocenters. The van der Waals surface area contributed by atoms with Crippen LogP contribution in [0.3, 0.4) is 0 Å². The minimum absolute atomic E-state index is 0.641. The summed E-state index contributed by atoms with van der Waals surface area (Å²) in [7, 11) is 0. The maximum atomic E-state index is 10.6. The van der Waals surface area contributed by atoms with E-state index in [4.69, 9.17) is 21.7 Å². The third-order valence-electron chi connectivity index (χ3n) is 4.09. The molecule has 2 rings (SSSR count). The van der Waals surface area contributed by atoms with Crippen molar-refractivity contribution in [1.29, 1.82) is 0 Å². The van der Waals surface area contributed by atoms with Gasteiger partial charge in [0.1, 0.15) is 11.1 Å². The van der Waals surface area contributed by atoms with Gasteiger partial charge in [-0.15, -0.1) is 0 Å². The Morgan fingerprint density at radius 1 is 0.684 bits per heavy atom. The number of carboxylic acid groups (broad SMARTS) is 2. The van der Waals surface area contributed by atoms with E-state index >= 15 is 0 Å². The minimum Gasteiger partial charge on any atom is -0.480 e. The highest BCUT2D eigenvalue weighted by molar-refractivity contribution is 5.79. The van der Waals surface area contributed by atoms with Crippen LogP contribution in [0.2, 0.25) is 0 Å². The molecule has 0 aromatic heterocycles. The molecule has 0 radical (unpaired) electrons. The molecule has 6 nitrogen and oxygen atoms in total. The lowest BCUT2D eigenvalue weighted by Crippen LogP contribution is -2.49. The van der Waals surface area contributed by atoms with E-state index in [0.29, 0.717) is 25.7 Å². The fraction of sp³-hybridized carbons (Fsp3) is 0.846. The highest BCUT2D eigenvalue weighted by Gasteiger charge is 2.36. The van der Waals surface area contributed by atoms with Crippen molar-refractivity contribution < 1.29 is 19.8 Å². The second kappa shape index (κ2) is 6.34. The van der Waals surface area contributed by atoms with Crippen LogP contribution in [-0.2, 0) is 9.59 Å². The van der Waals surface area contributed by atoms with Gasteiger partial charge in [-0.1, -0.05) is 32.1 Å². The molecule has 0 aromatic carbocycles. The van der Waals surface area contributed by atoms with Crippen molar-refractivity contribution >= 4 is 11.9 Å². The highest BCUT2D eigenvalue weighted by Crippen LogP contribution is 2.27. The Morgan fingerprint density at radius 2 is 0.947 bits per heavy atom. The second-order valence-electron chi connectivity index (χ2n) is 5.69. The second-order valence-corrected chi connectivity index (χ2v) is 5.69. The van der Waals surface area contributed by atoms with Gasteiger partial charge in [-0.25, -0.2) is 0 Å². The van der Waals surface area contributed by atoms with Gasteiger partial charge in [0.15, 0.2) is 0 Å². The Labute approximate surface area is 113 Å². The third kappa shape index (κ3) is 4.18. The summed E-state index contributed by atoms with van der Waals surface area (Å²) in [6.45, 7) is 0. The molecular weight excluding hydrogens is 248 g/mol. The first-order valence-corrected chi connectivity index (χ1v) is 6.85. The maximum absolute atomic E-state index is 10.6. The minimum atomic E-state index is -0.905. The van der Waals surface area contributed by atoms with Crippen LogP contribution < -0.4 is 11.5 Å². The Morgan fingerprint density at radius 3 is 1.16 bits per heavy atom. The molecule has 0 aliphatic heterocycles. The van der Waals surface area contributed by atoms with Crippen molar-refractivity contribution in [3.05, 3.63) is 0 Å². The molecule has 0 aromatic rings. The van der Waals surface area contributed by atoms with Crippen molar-refractivity contribution in [2.75, 3.05) is 0 Å². The average Bonchev–Trinajstić information content (AvgIpc) is 2.79. The lowest BCUT2D eigenvalue weighted by Gasteiger charge is -2.28. The molecule has 0 spiro atoms. The van der Waals surface area contributed by atoms with E-state index in [1.165, 1.54) is 0 Å². The first-order chi connectivity index (χ1) is 8.80. The number of hydrogen-bond donors (Lipinski definition) is 4. The predicted octanol–water partition coefficient (Wildman–Crippen LogP) is 1.08. The third-order valence-corrected chi connectivity index (χ3v) is 4.09. The zero-order valence-electron chi connectivity index (χ0n) is 11.2. The fourth-order valence-corrected chi connectivity index (χ4v) is 2.62. The molecule has 0 atom stereocenters. The largest absolute Gasteiger partial charge is 0.480 e. The SMILES string of the molecule is NC1(C(=O)O)CCCC1.NC1(C(=O)O)CCCCC1. The Bertz CT molecular complexity index is 332. The molecular formula is C13H24N2O4. The van der Waals surface area contributed by atoms with Crippen LogP contribution in [0.4, 0.5) is 0 Å². The number of nitrogens with two attached hydrogens (primary N) is 2. The lowest BCUT2D eigenvalue weighted by atomic mass is 9.83. The standard InChI is InChI=1S/C7H13NO2.C6H11NO2/c8-7(6(9)10)4-2-1-3-5-7;7-6(5(8)9)3-1-2-4-6/h1-5,8H2,(H,9,10);1-4,7H2,(H,8,9). The molecule has 0 heterocycles. The summed E-state index contributed by atoms with van der Waals surface area (Å²) in [6.07, 6.45) is 7.54. The topological polar surface area (TPSA) is 127 Å². The Kier molecular flexibility index (Phi) is 5.31. The average molecular weight is 272 g/mol. The quantitative estimate of drug-likeness (QED) is 0.595. The Hall–Kier alpha value is -1.14. The maximum Gasteiger partial charge on any atom is 0.323 e. The van der Waals surface area contributed by atoms with Gasteiger partial charge in [-0.05, 0) is 25.7 Å². The van der Waals surface area contributed by atoms with Gasteiger partial charge in [-0.3, -0.25) is 9.59 Å². The van der Waals surface area contributed by atoms with E-state index in [2.05, 4.69) is 0 Å². The molecule has 0 saturated heterocycles. The molecule has 2 fully saturated rings. The molecule has 6 heteroatoms. The van der Waals surface area contributed by atoms with Crippen molar-refractivity contribution in [2.24, 2.45) is 11.5 Å². The summed E-state index contributed by atoms with van der Waals surface area (Å²) < 4.78 is 0. The molecule has 19 heavy (non-hydrogen) atoms. The van der Waals surface area contributed by atoms with Crippen LogP contribution in [0, 0.1) is 0 Å². The summed E-state index contributed by atoms with van der Waals surface area (Å²) in [5, 5.41) is 17.2. The fourth-order valence-electron chi connectivity index (χ4n) is 2.62. The molecule has 0 bridgehead atoms. The van der Waals surface area contributed by atoms with E-state index < -0.39 is 23.0 Å². The van der Waals surface area contributed by atoms with Crippen LogP contribution in [0.15, 0.2) is 0 Å². The van der Waals surface area contributed by atoms with E-state index in [1.54, 1.807) is 0 Å². The number of aliphatic carboxylic acids is 2. The van der Waals surface area contributed by atoms with Gasteiger partial charge >= 0.3 is 11.9 Å². The normalized spacial score (nSPS) is 24.1. The summed E-state index contributed by atoms with van der Waals surface area (Å²) >= 11 is 0. The molecule has 2 aliphatic carbocycles. The summed E-state index contributed by atoms with van der Waals surface area (Å²) in [5.41, 5.74) is 9.31. The zero-order valence-corrected chi connectivity index (χ0v) is 11.2. The van der Waals surface area contributed by atoms with E-state index in [0.717, 1.165) is 32.1 Å². The molecule has 2 aliphatic rings. The summed E-state index contributed by atoms with van der Waals surface area (Å²) in [4.78, 5) is 20.9. The van der Waals surface area contributed by atoms with Gasteiger partial charge in [0.05, 0.1) is 0 Å². The van der Waals surface area contributed by atoms with Gasteiger partial charge in [-0.2, -0.15) is 0 Å². The molecule has 110 valence electrons. The first-order valence-electron chi connectivity index (χ1n) is 6.85. The number of rotatable bonds is 2. The first kappa shape index (κ1) is 15.9. The van der Waals surface area contributed by atoms with Gasteiger partial charge < -0.3 is 21.7 Å². The smallest absolute Gasteiger partial charge is 0.323 e. The predicted molar refractivity (Wildman–Crippen MR) is 70.7 cm³/mol. The van der Waals surface area contributed by atoms with Gasteiger partial charge in [0.25, 0.3) is 0 Å². The van der Waals surface area contributed by atoms with E-state index in [9.17, 15) is 9.59 Å². The van der Waals surface area contributed by atoms with Gasteiger partial charge in [0, 0.05) is 0 Å². The number of hydrogen-bond acceptors (Lipinski definition) is 4. The monoisotopic (exact) mass is 272 g/mol. The van der Waals surface area contributed by atoms with E-state index in [-0.39, 0.29) is 0 Å². The van der Waals surface area contributed by atoms with Crippen LogP contribution in [-0.4, -0.2) is 33.2 Å². The van der Waals surface area contributed by atoms with Crippen LogP contribution in [0.25, 0.3) is 0 Å². The van der Waals surface area contributed by atoms with Crippen molar-refractivity contribution in [3.63, 3.8) is 0 Å². The summed E-state index contributed by atoms with van der Waals surface area (Å²) in [6, 6.07) is 0. The lowest BCUT2D eigenvalue weighted by molar-refractivity contribution is -0.145. The van der Waals surface area contributed by atoms with E-state index in [1.807, 2.05) is 0 Å². The van der Waals surface area contributed by atoms with Crippen LogP contribution >= 0.6 is 0 Å². The zero-order chi connectivity index (χ0) is 14.5. The van der Waals surface area contributed by atoms with Crippen LogP contribution in [0.5, 0.6) is 0 Å². The molecule has 6 N–H and O–H groups in total. The van der Waals surface area contributed by atoms with Crippen molar-refractivity contribution in [3.8, 4) is 0 Å². The summed E-state index contributed by atoms with van der Waals surface area (Å²) in [5.74, 6) is -1.69. The molecule has 0 amide bonds. The Balaban J connectivity index is 0.000000191. The highest BCUT2D eigenvalue weighted by atomic mass is 16.4.